The predicted molar refractivity (Wildman–Crippen MR) is 158 cm³/mol. The van der Waals surface area contributed by atoms with E-state index >= 15 is 0 Å². The summed E-state index contributed by atoms with van der Waals surface area (Å²) in [6, 6.07) is 5.14. The maximum atomic E-state index is 12.6. The number of ether oxygens (including phenoxy) is 2. The predicted octanol–water partition coefficient (Wildman–Crippen LogP) is 2.70. The third kappa shape index (κ3) is 6.59. The van der Waals surface area contributed by atoms with Crippen LogP contribution in [0.25, 0.3) is 0 Å². The van der Waals surface area contributed by atoms with Crippen LogP contribution in [0.1, 0.15) is 59.7 Å². The highest BCUT2D eigenvalue weighted by atomic mass is 16.5. The molecule has 3 aliphatic heterocycles. The molecule has 0 unspecified atom stereocenters. The lowest BCUT2D eigenvalue weighted by atomic mass is 10.0. The van der Waals surface area contributed by atoms with Crippen molar-refractivity contribution in [3.63, 3.8) is 0 Å². The van der Waals surface area contributed by atoms with Crippen LogP contribution >= 0.6 is 0 Å². The zero-order chi connectivity index (χ0) is 34.9. The maximum Gasteiger partial charge on any atom is 0.271 e. The number of rotatable bonds is 9. The van der Waals surface area contributed by atoms with Crippen LogP contribution in [0.2, 0.25) is 0 Å². The summed E-state index contributed by atoms with van der Waals surface area (Å²) in [5.74, 6) is -1.29. The van der Waals surface area contributed by atoms with Crippen molar-refractivity contribution in [2.45, 2.75) is 51.0 Å². The summed E-state index contributed by atoms with van der Waals surface area (Å²) in [6.07, 6.45) is -0.0123. The number of hydrogen-bond donors (Lipinski definition) is 3. The van der Waals surface area contributed by atoms with Gasteiger partial charge in [0.15, 0.2) is 17.3 Å². The first-order valence-electron chi connectivity index (χ1n) is 17.9. The normalized spacial score (nSPS) is 23.9. The van der Waals surface area contributed by atoms with Gasteiger partial charge in [-0.1, -0.05) is 6.85 Å². The van der Waals surface area contributed by atoms with Gasteiger partial charge < -0.3 is 35.6 Å². The van der Waals surface area contributed by atoms with Crippen LogP contribution in [0.15, 0.2) is 18.2 Å². The Kier molecular flexibility index (Phi) is 6.46. The highest BCUT2D eigenvalue weighted by molar-refractivity contribution is 5.96. The van der Waals surface area contributed by atoms with Crippen molar-refractivity contribution in [1.82, 2.24) is 19.8 Å². The summed E-state index contributed by atoms with van der Waals surface area (Å²) < 4.78 is 74.5. The molecule has 3 aliphatic rings. The average Bonchev–Trinajstić information content (AvgIpc) is 3.01. The highest BCUT2D eigenvalue weighted by Gasteiger charge is 2.28. The maximum absolute atomic E-state index is 12.6. The minimum atomic E-state index is -3.13. The van der Waals surface area contributed by atoms with Crippen molar-refractivity contribution >= 4 is 28.9 Å². The molecular formula is C29H44N8O3. The van der Waals surface area contributed by atoms with Gasteiger partial charge in [-0.15, -0.1) is 0 Å². The molecule has 218 valence electrons. The second kappa shape index (κ2) is 13.0. The number of primary amides is 1. The largest absolute Gasteiger partial charge is 0.495 e. The summed E-state index contributed by atoms with van der Waals surface area (Å²) in [7, 11) is -0.614. The number of carbonyl (C=O) groups excluding carboxylic acids is 1. The molecule has 1 aromatic heterocycles. The minimum absolute atomic E-state index is 0.0996. The Morgan fingerprint density at radius 2 is 1.90 bits per heavy atom. The van der Waals surface area contributed by atoms with E-state index in [0.29, 0.717) is 56.6 Å². The molecule has 40 heavy (non-hydrogen) atoms. The van der Waals surface area contributed by atoms with Gasteiger partial charge in [0.2, 0.25) is 0 Å². The number of aryl methyl sites for hydroxylation is 1. The molecule has 0 spiro atoms. The zero-order valence-corrected chi connectivity index (χ0v) is 22.9. The third-order valence-electron chi connectivity index (χ3n) is 8.00. The van der Waals surface area contributed by atoms with E-state index in [0.717, 1.165) is 39.0 Å². The molecule has 1 aromatic carbocycles. The Balaban J connectivity index is 1.45. The van der Waals surface area contributed by atoms with E-state index in [2.05, 4.69) is 42.3 Å². The number of methoxy groups -OCH3 is 1. The number of piperidine rings is 1. The van der Waals surface area contributed by atoms with Crippen LogP contribution in [0.4, 0.5) is 23.0 Å². The van der Waals surface area contributed by atoms with Gasteiger partial charge in [0.25, 0.3) is 5.91 Å². The molecule has 4 N–H and O–H groups in total. The number of anilines is 4. The molecule has 0 atom stereocenters. The first-order chi connectivity index (χ1) is 22.5. The molecule has 11 heteroatoms. The number of carbonyl (C=O) groups is 1. The lowest BCUT2D eigenvalue weighted by molar-refractivity contribution is 0.0903. The minimum Gasteiger partial charge on any atom is -0.495 e. The van der Waals surface area contributed by atoms with Crippen molar-refractivity contribution in [1.29, 1.82) is 0 Å². The van der Waals surface area contributed by atoms with Crippen LogP contribution < -0.4 is 26.0 Å². The van der Waals surface area contributed by atoms with Gasteiger partial charge in [-0.2, -0.15) is 0 Å². The SMILES string of the molecule is [2H]C([2H])([2H])Oc1cc(Nc2nc(NC3CCOCC3)c(C([2H])([2H])C([2H])([2H])[2H])nc2C(N)=O)ccc1N1CCC(N2CCN(C)CC2)CC1. The van der Waals surface area contributed by atoms with Gasteiger partial charge in [0.1, 0.15) is 5.75 Å². The number of aromatic nitrogens is 2. The molecule has 5 rings (SSSR count). The lowest BCUT2D eigenvalue weighted by Gasteiger charge is -2.42. The molecule has 3 fully saturated rings. The fourth-order valence-electron chi connectivity index (χ4n) is 5.65. The van der Waals surface area contributed by atoms with E-state index in [1.807, 2.05) is 0 Å². The summed E-state index contributed by atoms with van der Waals surface area (Å²) in [4.78, 5) is 28.1. The monoisotopic (exact) mass is 560 g/mol. The van der Waals surface area contributed by atoms with Gasteiger partial charge >= 0.3 is 0 Å². The van der Waals surface area contributed by atoms with E-state index in [1.165, 1.54) is 6.07 Å². The van der Waals surface area contributed by atoms with Crippen LogP contribution in [0, 0.1) is 0 Å². The van der Waals surface area contributed by atoms with Gasteiger partial charge in [0.05, 0.1) is 22.5 Å². The molecule has 2 aromatic rings. The number of amides is 1. The van der Waals surface area contributed by atoms with Crippen molar-refractivity contribution < 1.29 is 25.2 Å². The van der Waals surface area contributed by atoms with Gasteiger partial charge in [0, 0.05) is 83.2 Å². The molecule has 0 aliphatic carbocycles. The smallest absolute Gasteiger partial charge is 0.271 e. The second-order valence-electron chi connectivity index (χ2n) is 10.6. The van der Waals surface area contributed by atoms with E-state index < -0.39 is 37.6 Å². The summed E-state index contributed by atoms with van der Waals surface area (Å²) >= 11 is 0. The molecule has 4 heterocycles. The van der Waals surface area contributed by atoms with Crippen LogP contribution in [0.5, 0.6) is 5.75 Å². The number of nitrogens with one attached hydrogen (secondary N) is 2. The summed E-state index contributed by atoms with van der Waals surface area (Å²) in [5, 5.41) is 6.06. The standard InChI is InChI=1S/C29H44N8O3/c1-4-23-28(31-20-9-17-40-18-10-20)34-29(26(33-23)27(30)38)32-21-5-6-24(25(19-21)39-3)37-11-7-22(8-12-37)36-15-13-35(2)14-16-36/h5-6,19-20,22H,4,7-18H2,1-3H3,(H2,30,38)(H2,31,32,34)/i1D3,3D3,4D2. The lowest BCUT2D eigenvalue weighted by Crippen LogP contribution is -2.52. The third-order valence-corrected chi connectivity index (χ3v) is 8.00. The highest BCUT2D eigenvalue weighted by Crippen LogP contribution is 2.35. The molecule has 11 nitrogen and oxygen atoms in total. The van der Waals surface area contributed by atoms with Crippen LogP contribution in [0.3, 0.4) is 0 Å². The van der Waals surface area contributed by atoms with E-state index in [9.17, 15) is 4.79 Å². The van der Waals surface area contributed by atoms with Crippen LogP contribution in [-0.2, 0) is 11.1 Å². The van der Waals surface area contributed by atoms with Gasteiger partial charge in [-0.25, -0.2) is 9.97 Å². The second-order valence-corrected chi connectivity index (χ2v) is 10.6. The van der Waals surface area contributed by atoms with E-state index in [-0.39, 0.29) is 23.4 Å². The summed E-state index contributed by atoms with van der Waals surface area (Å²) in [5.41, 5.74) is 5.49. The first-order valence-corrected chi connectivity index (χ1v) is 13.9. The number of nitrogens with two attached hydrogens (primary N) is 1. The van der Waals surface area contributed by atoms with Crippen molar-refractivity contribution in [3.8, 4) is 5.75 Å². The number of likely N-dealkylation sites (N-methyl/N-ethyl adjacent to an activating group) is 1. The van der Waals surface area contributed by atoms with E-state index in [4.69, 9.17) is 26.2 Å². The Labute approximate surface area is 248 Å². The first kappa shape index (κ1) is 19.8. The van der Waals surface area contributed by atoms with Gasteiger partial charge in [-0.3, -0.25) is 9.69 Å². The molecule has 0 bridgehead atoms. The Bertz CT molecular complexity index is 1440. The Morgan fingerprint density at radius 1 is 1.12 bits per heavy atom. The molecule has 3 saturated heterocycles. The Hall–Kier alpha value is -3.15. The Morgan fingerprint density at radius 3 is 2.60 bits per heavy atom. The van der Waals surface area contributed by atoms with E-state index in [1.54, 1.807) is 12.1 Å². The molecule has 0 saturated carbocycles. The molecule has 1 amide bonds. The summed E-state index contributed by atoms with van der Waals surface area (Å²) in [6.45, 7) is 3.32. The number of nitrogens with zero attached hydrogens (tertiary/aromatic N) is 5. The fourth-order valence-corrected chi connectivity index (χ4v) is 5.65. The van der Waals surface area contributed by atoms with Crippen molar-refractivity contribution in [2.75, 3.05) is 82.1 Å². The fraction of sp³-hybridized carbons (Fsp3) is 0.621. The van der Waals surface area contributed by atoms with Crippen molar-refractivity contribution in [3.05, 3.63) is 29.6 Å². The number of benzene rings is 1. The number of piperazine rings is 1. The van der Waals surface area contributed by atoms with Crippen LogP contribution in [-0.4, -0.2) is 104 Å². The average molecular weight is 561 g/mol. The molecular weight excluding hydrogens is 508 g/mol. The van der Waals surface area contributed by atoms with Gasteiger partial charge in [-0.05, 0) is 51.2 Å². The number of hydrogen-bond acceptors (Lipinski definition) is 10. The quantitative estimate of drug-likeness (QED) is 0.422. The zero-order valence-electron chi connectivity index (χ0n) is 30.9. The molecule has 0 radical (unpaired) electrons. The topological polar surface area (TPSA) is 121 Å². The van der Waals surface area contributed by atoms with Crippen molar-refractivity contribution in [2.24, 2.45) is 5.73 Å².